The Morgan fingerprint density at radius 3 is 2.70 bits per heavy atom. The number of methoxy groups -OCH3 is 1. The highest BCUT2D eigenvalue weighted by Crippen LogP contribution is 2.30. The number of hydrogen-bond acceptors (Lipinski definition) is 5. The molecule has 23 heavy (non-hydrogen) atoms. The van der Waals surface area contributed by atoms with Gasteiger partial charge >= 0.3 is 0 Å². The largest absolute Gasteiger partial charge is 0.496 e. The van der Waals surface area contributed by atoms with Crippen molar-refractivity contribution < 1.29 is 19.2 Å². The monoisotopic (exact) mass is 322 g/mol. The first-order valence-corrected chi connectivity index (χ1v) is 7.66. The number of amides is 1. The van der Waals surface area contributed by atoms with Gasteiger partial charge in [-0.25, -0.2) is 0 Å². The van der Waals surface area contributed by atoms with Crippen LogP contribution in [0.4, 0.5) is 5.69 Å². The Balaban J connectivity index is 2.02. The SMILES string of the molecule is COc1ccc([N+](=O)[O-])cc1[C@H](C)NC(=O)[C@@H](C)OCC1CC1. The third kappa shape index (κ3) is 4.66. The number of hydrogen-bond donors (Lipinski definition) is 1. The second kappa shape index (κ2) is 7.41. The van der Waals surface area contributed by atoms with Crippen molar-refractivity contribution in [2.45, 2.75) is 38.8 Å². The normalized spacial score (nSPS) is 16.5. The van der Waals surface area contributed by atoms with Crippen molar-refractivity contribution in [3.63, 3.8) is 0 Å². The zero-order valence-corrected chi connectivity index (χ0v) is 13.6. The van der Waals surface area contributed by atoms with Gasteiger partial charge in [0.25, 0.3) is 5.69 Å². The highest BCUT2D eigenvalue weighted by molar-refractivity contribution is 5.80. The van der Waals surface area contributed by atoms with Gasteiger partial charge in [0.2, 0.25) is 5.91 Å². The summed E-state index contributed by atoms with van der Waals surface area (Å²) in [5.74, 6) is 0.834. The maximum atomic E-state index is 12.2. The number of nitrogens with zero attached hydrogens (tertiary/aromatic N) is 1. The molecule has 1 N–H and O–H groups in total. The van der Waals surface area contributed by atoms with E-state index in [2.05, 4.69) is 5.32 Å². The summed E-state index contributed by atoms with van der Waals surface area (Å²) in [7, 11) is 1.49. The molecule has 2 rings (SSSR count). The number of carbonyl (C=O) groups excluding carboxylic acids is 1. The van der Waals surface area contributed by atoms with Crippen molar-refractivity contribution in [1.29, 1.82) is 0 Å². The van der Waals surface area contributed by atoms with Gasteiger partial charge in [-0.05, 0) is 38.7 Å². The molecule has 1 aliphatic rings. The number of non-ortho nitro benzene ring substituents is 1. The van der Waals surface area contributed by atoms with E-state index in [1.54, 1.807) is 13.8 Å². The van der Waals surface area contributed by atoms with E-state index >= 15 is 0 Å². The van der Waals surface area contributed by atoms with E-state index in [0.29, 0.717) is 23.8 Å². The second-order valence-electron chi connectivity index (χ2n) is 5.83. The van der Waals surface area contributed by atoms with Gasteiger partial charge in [0.1, 0.15) is 11.9 Å². The first-order chi connectivity index (χ1) is 10.9. The topological polar surface area (TPSA) is 90.7 Å². The molecule has 0 spiro atoms. The van der Waals surface area contributed by atoms with Gasteiger partial charge in [-0.15, -0.1) is 0 Å². The summed E-state index contributed by atoms with van der Waals surface area (Å²) in [5.41, 5.74) is 0.518. The van der Waals surface area contributed by atoms with Crippen LogP contribution in [0.1, 0.15) is 38.3 Å². The predicted molar refractivity (Wildman–Crippen MR) is 84.3 cm³/mol. The van der Waals surface area contributed by atoms with E-state index in [0.717, 1.165) is 12.8 Å². The molecule has 1 saturated carbocycles. The molecule has 1 aromatic carbocycles. The number of carbonyl (C=O) groups is 1. The average Bonchev–Trinajstić information content (AvgIpc) is 3.35. The van der Waals surface area contributed by atoms with E-state index in [1.807, 2.05) is 0 Å². The molecule has 0 saturated heterocycles. The van der Waals surface area contributed by atoms with Crippen LogP contribution in [0.3, 0.4) is 0 Å². The van der Waals surface area contributed by atoms with Crippen molar-refractivity contribution in [3.05, 3.63) is 33.9 Å². The van der Waals surface area contributed by atoms with Crippen molar-refractivity contribution in [1.82, 2.24) is 5.32 Å². The molecule has 1 amide bonds. The smallest absolute Gasteiger partial charge is 0.270 e. The Bertz CT molecular complexity index is 586. The zero-order valence-electron chi connectivity index (χ0n) is 13.6. The third-order valence-electron chi connectivity index (χ3n) is 3.90. The van der Waals surface area contributed by atoms with E-state index in [4.69, 9.17) is 9.47 Å². The van der Waals surface area contributed by atoms with Crippen molar-refractivity contribution in [2.24, 2.45) is 5.92 Å². The van der Waals surface area contributed by atoms with Gasteiger partial charge in [-0.2, -0.15) is 0 Å². The molecular formula is C16H22N2O5. The van der Waals surface area contributed by atoms with Crippen molar-refractivity contribution >= 4 is 11.6 Å². The first kappa shape index (κ1) is 17.2. The van der Waals surface area contributed by atoms with Gasteiger partial charge in [0, 0.05) is 17.7 Å². The summed E-state index contributed by atoms with van der Waals surface area (Å²) in [6.07, 6.45) is 1.77. The number of nitrogens with one attached hydrogen (secondary N) is 1. The fourth-order valence-corrected chi connectivity index (χ4v) is 2.22. The summed E-state index contributed by atoms with van der Waals surface area (Å²) in [6.45, 7) is 4.06. The lowest BCUT2D eigenvalue weighted by Gasteiger charge is -2.20. The molecule has 7 heteroatoms. The number of rotatable bonds is 8. The summed E-state index contributed by atoms with van der Waals surface area (Å²) in [4.78, 5) is 22.6. The van der Waals surface area contributed by atoms with Crippen LogP contribution in [0.5, 0.6) is 5.75 Å². The van der Waals surface area contributed by atoms with Crippen LogP contribution >= 0.6 is 0 Å². The van der Waals surface area contributed by atoms with Gasteiger partial charge in [0.05, 0.1) is 24.7 Å². The fraction of sp³-hybridized carbons (Fsp3) is 0.562. The molecule has 1 fully saturated rings. The van der Waals surface area contributed by atoms with Crippen molar-refractivity contribution in [2.75, 3.05) is 13.7 Å². The summed E-state index contributed by atoms with van der Waals surface area (Å²) < 4.78 is 10.8. The Morgan fingerprint density at radius 2 is 2.13 bits per heavy atom. The van der Waals surface area contributed by atoms with Crippen LogP contribution in [-0.2, 0) is 9.53 Å². The Morgan fingerprint density at radius 1 is 1.43 bits per heavy atom. The van der Waals surface area contributed by atoms with E-state index < -0.39 is 17.1 Å². The number of nitro benzene ring substituents is 1. The zero-order chi connectivity index (χ0) is 17.0. The molecule has 0 aliphatic heterocycles. The Labute approximate surface area is 135 Å². The minimum atomic E-state index is -0.553. The Hall–Kier alpha value is -2.15. The number of benzene rings is 1. The molecule has 1 aromatic rings. The molecule has 126 valence electrons. The average molecular weight is 322 g/mol. The highest BCUT2D eigenvalue weighted by Gasteiger charge is 2.25. The van der Waals surface area contributed by atoms with Crippen LogP contribution in [0.2, 0.25) is 0 Å². The van der Waals surface area contributed by atoms with E-state index in [1.165, 1.54) is 25.3 Å². The number of nitro groups is 1. The third-order valence-corrected chi connectivity index (χ3v) is 3.90. The lowest BCUT2D eigenvalue weighted by Crippen LogP contribution is -2.36. The van der Waals surface area contributed by atoms with Crippen LogP contribution in [0.15, 0.2) is 18.2 Å². The minimum Gasteiger partial charge on any atom is -0.496 e. The molecule has 0 unspecified atom stereocenters. The van der Waals surface area contributed by atoms with Gasteiger partial charge < -0.3 is 14.8 Å². The van der Waals surface area contributed by atoms with E-state index in [9.17, 15) is 14.9 Å². The number of ether oxygens (including phenoxy) is 2. The van der Waals surface area contributed by atoms with Gasteiger partial charge in [0.15, 0.2) is 0 Å². The summed E-state index contributed by atoms with van der Waals surface area (Å²) in [5, 5.41) is 13.7. The highest BCUT2D eigenvalue weighted by atomic mass is 16.6. The predicted octanol–water partition coefficient (Wildman–Crippen LogP) is 2.60. The van der Waals surface area contributed by atoms with Crippen LogP contribution in [-0.4, -0.2) is 30.7 Å². The maximum absolute atomic E-state index is 12.2. The molecule has 0 bridgehead atoms. The molecular weight excluding hydrogens is 300 g/mol. The van der Waals surface area contributed by atoms with E-state index in [-0.39, 0.29) is 11.6 Å². The second-order valence-corrected chi connectivity index (χ2v) is 5.83. The van der Waals surface area contributed by atoms with Gasteiger partial charge in [-0.3, -0.25) is 14.9 Å². The molecule has 1 aliphatic carbocycles. The fourth-order valence-electron chi connectivity index (χ4n) is 2.22. The maximum Gasteiger partial charge on any atom is 0.270 e. The standard InChI is InChI=1S/C16H22N2O5/c1-10(17-16(19)11(2)23-9-12-4-5-12)14-8-13(18(20)21)6-7-15(14)22-3/h6-8,10-12H,4-5,9H2,1-3H3,(H,17,19)/t10-,11+/m0/s1. The summed E-state index contributed by atoms with van der Waals surface area (Å²) >= 11 is 0. The Kier molecular flexibility index (Phi) is 5.54. The lowest BCUT2D eigenvalue weighted by atomic mass is 10.1. The van der Waals surface area contributed by atoms with Crippen molar-refractivity contribution in [3.8, 4) is 5.75 Å². The first-order valence-electron chi connectivity index (χ1n) is 7.66. The molecule has 7 nitrogen and oxygen atoms in total. The van der Waals surface area contributed by atoms with Gasteiger partial charge in [-0.1, -0.05) is 0 Å². The minimum absolute atomic E-state index is 0.0417. The molecule has 0 aromatic heterocycles. The van der Waals surface area contributed by atoms with Crippen LogP contribution < -0.4 is 10.1 Å². The quantitative estimate of drug-likeness (QED) is 0.587. The molecule has 2 atom stereocenters. The molecule has 0 radical (unpaired) electrons. The van der Waals surface area contributed by atoms with Crippen LogP contribution in [0.25, 0.3) is 0 Å². The molecule has 0 heterocycles. The summed E-state index contributed by atoms with van der Waals surface area (Å²) in [6, 6.07) is 3.89. The van der Waals surface area contributed by atoms with Crippen LogP contribution in [0, 0.1) is 16.0 Å². The lowest BCUT2D eigenvalue weighted by molar-refractivity contribution is -0.385.